The predicted octanol–water partition coefficient (Wildman–Crippen LogP) is 3.63. The van der Waals surface area contributed by atoms with Gasteiger partial charge < -0.3 is 10.4 Å². The first-order chi connectivity index (χ1) is 10.1. The van der Waals surface area contributed by atoms with E-state index in [1.54, 1.807) is 23.9 Å². The fraction of sp³-hybridized carbons (Fsp3) is 0.188. The van der Waals surface area contributed by atoms with Gasteiger partial charge in [0.05, 0.1) is 6.10 Å². The van der Waals surface area contributed by atoms with Gasteiger partial charge in [-0.1, -0.05) is 28.1 Å². The van der Waals surface area contributed by atoms with E-state index in [0.717, 1.165) is 14.9 Å². The molecule has 1 amide bonds. The lowest BCUT2D eigenvalue weighted by Gasteiger charge is -2.12. The van der Waals surface area contributed by atoms with Gasteiger partial charge in [0.25, 0.3) is 5.91 Å². The summed E-state index contributed by atoms with van der Waals surface area (Å²) >= 11 is 4.98. The first-order valence-electron chi connectivity index (χ1n) is 6.46. The minimum Gasteiger partial charge on any atom is -0.387 e. The first-order valence-corrected chi connectivity index (χ1v) is 8.47. The van der Waals surface area contributed by atoms with Crippen LogP contribution in [0.1, 0.15) is 22.0 Å². The Kier molecular flexibility index (Phi) is 5.85. The number of carbonyl (C=O) groups excluding carboxylic acids is 1. The van der Waals surface area contributed by atoms with Gasteiger partial charge in [0.2, 0.25) is 0 Å². The van der Waals surface area contributed by atoms with Gasteiger partial charge in [-0.2, -0.15) is 0 Å². The molecule has 21 heavy (non-hydrogen) atoms. The second kappa shape index (κ2) is 7.64. The van der Waals surface area contributed by atoms with Crippen LogP contribution in [0.3, 0.4) is 0 Å². The molecule has 0 heterocycles. The average Bonchev–Trinajstić information content (AvgIpc) is 2.53. The van der Waals surface area contributed by atoms with E-state index in [1.165, 1.54) is 0 Å². The fourth-order valence-corrected chi connectivity index (χ4v) is 2.51. The normalized spacial score (nSPS) is 12.0. The molecule has 110 valence electrons. The van der Waals surface area contributed by atoms with Gasteiger partial charge in [0.1, 0.15) is 0 Å². The molecule has 2 N–H and O–H groups in total. The van der Waals surface area contributed by atoms with Crippen molar-refractivity contribution in [3.05, 3.63) is 64.1 Å². The van der Waals surface area contributed by atoms with Crippen molar-refractivity contribution >= 4 is 33.6 Å². The minimum atomic E-state index is -0.708. The molecule has 0 spiro atoms. The Morgan fingerprint density at radius 3 is 2.38 bits per heavy atom. The molecule has 0 aromatic heterocycles. The van der Waals surface area contributed by atoms with Crippen molar-refractivity contribution in [2.45, 2.75) is 11.0 Å². The van der Waals surface area contributed by atoms with Gasteiger partial charge in [-0.3, -0.25) is 4.79 Å². The zero-order valence-electron chi connectivity index (χ0n) is 11.5. The summed E-state index contributed by atoms with van der Waals surface area (Å²) in [6, 6.07) is 14.8. The van der Waals surface area contributed by atoms with E-state index in [4.69, 9.17) is 0 Å². The lowest BCUT2D eigenvalue weighted by atomic mass is 10.1. The molecule has 5 heteroatoms. The molecule has 0 saturated heterocycles. The van der Waals surface area contributed by atoms with Gasteiger partial charge in [-0.05, 0) is 48.2 Å². The summed E-state index contributed by atoms with van der Waals surface area (Å²) in [5.74, 6) is -0.192. The molecule has 2 aromatic rings. The van der Waals surface area contributed by atoms with Crippen molar-refractivity contribution in [3.63, 3.8) is 0 Å². The van der Waals surface area contributed by atoms with Gasteiger partial charge in [0, 0.05) is 21.5 Å². The van der Waals surface area contributed by atoms with Crippen molar-refractivity contribution in [1.29, 1.82) is 0 Å². The highest BCUT2D eigenvalue weighted by Crippen LogP contribution is 2.19. The number of nitrogens with one attached hydrogen (secondary N) is 1. The number of benzene rings is 2. The van der Waals surface area contributed by atoms with Crippen LogP contribution >= 0.6 is 27.7 Å². The summed E-state index contributed by atoms with van der Waals surface area (Å²) in [6.07, 6.45) is 1.30. The van der Waals surface area contributed by atoms with Crippen LogP contribution in [0.4, 0.5) is 0 Å². The molecule has 2 rings (SSSR count). The maximum absolute atomic E-state index is 12.0. The van der Waals surface area contributed by atoms with E-state index >= 15 is 0 Å². The number of amides is 1. The van der Waals surface area contributed by atoms with Crippen LogP contribution in [0.25, 0.3) is 0 Å². The quantitative estimate of drug-likeness (QED) is 0.795. The van der Waals surface area contributed by atoms with E-state index in [2.05, 4.69) is 21.2 Å². The maximum atomic E-state index is 12.0. The van der Waals surface area contributed by atoms with Crippen molar-refractivity contribution in [3.8, 4) is 0 Å². The largest absolute Gasteiger partial charge is 0.387 e. The summed E-state index contributed by atoms with van der Waals surface area (Å²) in [4.78, 5) is 13.1. The molecule has 0 fully saturated rings. The monoisotopic (exact) mass is 365 g/mol. The number of thioether (sulfide) groups is 1. The third-order valence-electron chi connectivity index (χ3n) is 3.06. The van der Waals surface area contributed by atoms with Crippen LogP contribution in [0.15, 0.2) is 57.9 Å². The van der Waals surface area contributed by atoms with E-state index in [1.807, 2.05) is 42.7 Å². The zero-order chi connectivity index (χ0) is 15.2. The Bertz CT molecular complexity index is 599. The van der Waals surface area contributed by atoms with Crippen molar-refractivity contribution < 1.29 is 9.90 Å². The van der Waals surface area contributed by atoms with Gasteiger partial charge >= 0.3 is 0 Å². The smallest absolute Gasteiger partial charge is 0.251 e. The molecule has 1 unspecified atom stereocenters. The third kappa shape index (κ3) is 4.59. The second-order valence-corrected chi connectivity index (χ2v) is 6.30. The lowest BCUT2D eigenvalue weighted by Crippen LogP contribution is -2.28. The highest BCUT2D eigenvalue weighted by molar-refractivity contribution is 9.10. The number of hydrogen-bond donors (Lipinski definition) is 2. The Balaban J connectivity index is 1.92. The Labute approximate surface area is 136 Å². The lowest BCUT2D eigenvalue weighted by molar-refractivity contribution is 0.0916. The average molecular weight is 366 g/mol. The molecule has 3 nitrogen and oxygen atoms in total. The molecule has 2 aromatic carbocycles. The number of aliphatic hydroxyl groups is 1. The van der Waals surface area contributed by atoms with Crippen LogP contribution in [0.5, 0.6) is 0 Å². The number of aliphatic hydroxyl groups excluding tert-OH is 1. The number of halogens is 1. The minimum absolute atomic E-state index is 0.188. The van der Waals surface area contributed by atoms with Crippen molar-refractivity contribution in [1.82, 2.24) is 5.32 Å². The van der Waals surface area contributed by atoms with Gasteiger partial charge in [-0.15, -0.1) is 11.8 Å². The number of carbonyl (C=O) groups is 1. The first kappa shape index (κ1) is 16.1. The summed E-state index contributed by atoms with van der Waals surface area (Å²) in [5, 5.41) is 12.8. The molecule has 0 aliphatic carbocycles. The SMILES string of the molecule is CSc1ccc(C(O)CNC(=O)c2ccc(Br)cc2)cc1. The molecular weight excluding hydrogens is 350 g/mol. The van der Waals surface area contributed by atoms with Crippen LogP contribution in [0, 0.1) is 0 Å². The zero-order valence-corrected chi connectivity index (χ0v) is 13.9. The second-order valence-electron chi connectivity index (χ2n) is 4.51. The summed E-state index contributed by atoms with van der Waals surface area (Å²) in [5.41, 5.74) is 1.37. The highest BCUT2D eigenvalue weighted by atomic mass is 79.9. The standard InChI is InChI=1S/C16H16BrNO2S/c1-21-14-8-4-11(5-9-14)15(19)10-18-16(20)12-2-6-13(17)7-3-12/h2-9,15,19H,10H2,1H3,(H,18,20). The summed E-state index contributed by atoms with van der Waals surface area (Å²) in [6.45, 7) is 0.188. The van der Waals surface area contributed by atoms with E-state index in [-0.39, 0.29) is 12.5 Å². The summed E-state index contributed by atoms with van der Waals surface area (Å²) < 4.78 is 0.924. The number of rotatable bonds is 5. The van der Waals surface area contributed by atoms with E-state index < -0.39 is 6.10 Å². The van der Waals surface area contributed by atoms with Crippen LogP contribution < -0.4 is 5.32 Å². The van der Waals surface area contributed by atoms with Crippen molar-refractivity contribution in [2.75, 3.05) is 12.8 Å². The van der Waals surface area contributed by atoms with Crippen LogP contribution in [-0.4, -0.2) is 23.8 Å². The van der Waals surface area contributed by atoms with Gasteiger partial charge in [-0.25, -0.2) is 0 Å². The third-order valence-corrected chi connectivity index (χ3v) is 4.34. The molecule has 0 radical (unpaired) electrons. The van der Waals surface area contributed by atoms with Crippen LogP contribution in [-0.2, 0) is 0 Å². The highest BCUT2D eigenvalue weighted by Gasteiger charge is 2.10. The summed E-state index contributed by atoms with van der Waals surface area (Å²) in [7, 11) is 0. The Hall–Kier alpha value is -1.30. The molecule has 0 bridgehead atoms. The Morgan fingerprint density at radius 2 is 1.81 bits per heavy atom. The predicted molar refractivity (Wildman–Crippen MR) is 89.7 cm³/mol. The van der Waals surface area contributed by atoms with Gasteiger partial charge in [0.15, 0.2) is 0 Å². The maximum Gasteiger partial charge on any atom is 0.251 e. The molecular formula is C16H16BrNO2S. The molecule has 1 atom stereocenters. The molecule has 0 saturated carbocycles. The topological polar surface area (TPSA) is 49.3 Å². The van der Waals surface area contributed by atoms with Crippen molar-refractivity contribution in [2.24, 2.45) is 0 Å². The van der Waals surface area contributed by atoms with E-state index in [0.29, 0.717) is 5.56 Å². The van der Waals surface area contributed by atoms with E-state index in [9.17, 15) is 9.90 Å². The fourth-order valence-electron chi connectivity index (χ4n) is 1.84. The number of hydrogen-bond acceptors (Lipinski definition) is 3. The van der Waals surface area contributed by atoms with Crippen LogP contribution in [0.2, 0.25) is 0 Å². The molecule has 0 aliphatic rings. The Morgan fingerprint density at radius 1 is 1.19 bits per heavy atom. The molecule has 0 aliphatic heterocycles.